The number of halogens is 2. The summed E-state index contributed by atoms with van der Waals surface area (Å²) >= 11 is 1.10. The Morgan fingerprint density at radius 1 is 1.35 bits per heavy atom. The van der Waals surface area contributed by atoms with Crippen LogP contribution in [0.15, 0.2) is 35.6 Å². The zero-order valence-electron chi connectivity index (χ0n) is 13.7. The van der Waals surface area contributed by atoms with Crippen molar-refractivity contribution in [3.05, 3.63) is 41.9 Å². The van der Waals surface area contributed by atoms with Crippen molar-refractivity contribution in [2.75, 3.05) is 12.3 Å². The van der Waals surface area contributed by atoms with Crippen LogP contribution in [0.2, 0.25) is 0 Å². The number of rotatable bonds is 6. The number of carbonyl (C=O) groups is 1. The second-order valence-corrected chi connectivity index (χ2v) is 6.07. The molecule has 7 nitrogen and oxygen atoms in total. The molecule has 0 radical (unpaired) electrons. The van der Waals surface area contributed by atoms with Gasteiger partial charge < -0.3 is 10.5 Å². The number of ether oxygens (including phenoxy) is 1. The minimum Gasteiger partial charge on any atom is -0.462 e. The minimum absolute atomic E-state index is 0.0247. The predicted molar refractivity (Wildman–Crippen MR) is 92.9 cm³/mol. The molecule has 0 saturated heterocycles. The summed E-state index contributed by atoms with van der Waals surface area (Å²) in [7, 11) is 0. The molecule has 0 bridgehead atoms. The molecule has 0 aliphatic rings. The number of thioether (sulfide) groups is 1. The number of benzene rings is 1. The maximum absolute atomic E-state index is 13.4. The Morgan fingerprint density at radius 3 is 2.81 bits per heavy atom. The van der Waals surface area contributed by atoms with E-state index in [1.807, 2.05) is 0 Å². The molecule has 0 saturated carbocycles. The Hall–Kier alpha value is -2.75. The van der Waals surface area contributed by atoms with E-state index in [0.717, 1.165) is 16.3 Å². The lowest BCUT2D eigenvalue weighted by Gasteiger charge is -2.08. The highest BCUT2D eigenvalue weighted by Crippen LogP contribution is 2.27. The summed E-state index contributed by atoms with van der Waals surface area (Å²) in [6.45, 7) is -0.831. The highest BCUT2D eigenvalue weighted by molar-refractivity contribution is 7.98. The van der Waals surface area contributed by atoms with Crippen molar-refractivity contribution in [1.29, 1.82) is 0 Å². The van der Waals surface area contributed by atoms with Gasteiger partial charge in [-0.2, -0.15) is 8.78 Å². The molecule has 26 heavy (non-hydrogen) atoms. The fourth-order valence-electron chi connectivity index (χ4n) is 2.36. The van der Waals surface area contributed by atoms with E-state index < -0.39 is 12.5 Å². The number of esters is 1. The summed E-state index contributed by atoms with van der Waals surface area (Å²) in [5, 5.41) is 0.253. The number of fused-ring (bicyclic) bond motifs is 1. The molecule has 2 aromatic heterocycles. The van der Waals surface area contributed by atoms with E-state index in [2.05, 4.69) is 15.0 Å². The van der Waals surface area contributed by atoms with Gasteiger partial charge in [0.1, 0.15) is 17.2 Å². The molecule has 0 unspecified atom stereocenters. The third kappa shape index (κ3) is 3.59. The number of nitrogens with zero attached hydrogens (tertiary/aromatic N) is 4. The van der Waals surface area contributed by atoms with Gasteiger partial charge in [0.15, 0.2) is 5.16 Å². The fourth-order valence-corrected chi connectivity index (χ4v) is 3.11. The molecule has 3 rings (SSSR count). The van der Waals surface area contributed by atoms with Crippen molar-refractivity contribution in [1.82, 2.24) is 19.5 Å². The largest absolute Gasteiger partial charge is 0.462 e. The number of hydrogen-bond donors (Lipinski definition) is 1. The second-order valence-electron chi connectivity index (χ2n) is 5.13. The highest BCUT2D eigenvalue weighted by atomic mass is 32.2. The van der Waals surface area contributed by atoms with Crippen molar-refractivity contribution in [2.45, 2.75) is 24.4 Å². The zero-order chi connectivity index (χ0) is 18.7. The smallest absolute Gasteiger partial charge is 0.343 e. The van der Waals surface area contributed by atoms with Crippen LogP contribution in [0.4, 0.5) is 14.6 Å². The van der Waals surface area contributed by atoms with Gasteiger partial charge in [-0.25, -0.2) is 19.7 Å². The molecule has 2 N–H and O–H groups in total. The number of alkyl halides is 2. The number of hydrogen-bond acceptors (Lipinski definition) is 7. The van der Waals surface area contributed by atoms with Crippen LogP contribution in [0.1, 0.15) is 29.7 Å². The Bertz CT molecular complexity index is 948. The van der Waals surface area contributed by atoms with E-state index in [1.165, 1.54) is 6.20 Å². The van der Waals surface area contributed by atoms with E-state index >= 15 is 0 Å². The van der Waals surface area contributed by atoms with E-state index in [0.29, 0.717) is 11.0 Å². The Balaban J connectivity index is 1.81. The first-order valence-corrected chi connectivity index (χ1v) is 8.66. The first-order chi connectivity index (χ1) is 12.5. The van der Waals surface area contributed by atoms with E-state index in [9.17, 15) is 13.6 Å². The van der Waals surface area contributed by atoms with E-state index in [1.54, 1.807) is 31.2 Å². The molecular weight excluding hydrogens is 364 g/mol. The van der Waals surface area contributed by atoms with Crippen LogP contribution in [0.25, 0.3) is 11.0 Å². The van der Waals surface area contributed by atoms with Crippen LogP contribution in [0.5, 0.6) is 0 Å². The molecule has 3 aromatic rings. The van der Waals surface area contributed by atoms with Crippen LogP contribution < -0.4 is 5.73 Å². The van der Waals surface area contributed by atoms with Crippen molar-refractivity contribution < 1.29 is 18.3 Å². The van der Waals surface area contributed by atoms with Crippen LogP contribution in [-0.2, 0) is 10.5 Å². The van der Waals surface area contributed by atoms with Gasteiger partial charge in [-0.05, 0) is 19.1 Å². The first kappa shape index (κ1) is 18.1. The predicted octanol–water partition coefficient (Wildman–Crippen LogP) is 3.27. The Labute approximate surface area is 151 Å². The summed E-state index contributed by atoms with van der Waals surface area (Å²) in [5.41, 5.74) is 6.67. The van der Waals surface area contributed by atoms with Gasteiger partial charge in [0.2, 0.25) is 0 Å². The number of carbonyl (C=O) groups excluding carboxylic acids is 1. The molecule has 0 atom stereocenters. The van der Waals surface area contributed by atoms with Gasteiger partial charge in [0.25, 0.3) is 0 Å². The number of aromatic nitrogens is 4. The topological polar surface area (TPSA) is 95.9 Å². The molecule has 1 aromatic carbocycles. The monoisotopic (exact) mass is 379 g/mol. The average molecular weight is 379 g/mol. The van der Waals surface area contributed by atoms with Crippen molar-refractivity contribution in [2.24, 2.45) is 0 Å². The van der Waals surface area contributed by atoms with Crippen molar-refractivity contribution >= 4 is 34.6 Å². The quantitative estimate of drug-likeness (QED) is 0.399. The summed E-state index contributed by atoms with van der Waals surface area (Å²) < 4.78 is 32.5. The third-order valence-electron chi connectivity index (χ3n) is 3.49. The van der Waals surface area contributed by atoms with Crippen LogP contribution >= 0.6 is 11.8 Å². The van der Waals surface area contributed by atoms with Crippen LogP contribution in [0.3, 0.4) is 0 Å². The summed E-state index contributed by atoms with van der Waals surface area (Å²) in [4.78, 5) is 24.0. The number of para-hydroxylation sites is 2. The zero-order valence-corrected chi connectivity index (χ0v) is 14.5. The lowest BCUT2D eigenvalue weighted by Crippen LogP contribution is -2.10. The molecule has 0 aliphatic heterocycles. The molecule has 10 heteroatoms. The summed E-state index contributed by atoms with van der Waals surface area (Å²) in [6, 6.07) is 6.67. The molecule has 0 amide bonds. The maximum Gasteiger partial charge on any atom is 0.343 e. The van der Waals surface area contributed by atoms with Gasteiger partial charge in [-0.3, -0.25) is 4.57 Å². The van der Waals surface area contributed by atoms with Gasteiger partial charge in [0, 0.05) is 6.20 Å². The Morgan fingerprint density at radius 2 is 2.12 bits per heavy atom. The lowest BCUT2D eigenvalue weighted by molar-refractivity contribution is 0.0526. The maximum atomic E-state index is 13.4. The summed E-state index contributed by atoms with van der Waals surface area (Å²) in [5.74, 6) is -0.316. The fraction of sp³-hybridized carbons (Fsp3) is 0.250. The SMILES string of the molecule is CCOC(=O)c1cnc(SCc2nc3ccccc3n2C(F)F)nc1N. The van der Waals surface area contributed by atoms with Crippen LogP contribution in [-0.4, -0.2) is 32.1 Å². The minimum atomic E-state index is -2.71. The average Bonchev–Trinajstić information content (AvgIpc) is 2.98. The third-order valence-corrected chi connectivity index (χ3v) is 4.34. The van der Waals surface area contributed by atoms with Gasteiger partial charge in [0.05, 0.1) is 23.4 Å². The molecule has 136 valence electrons. The van der Waals surface area contributed by atoms with Gasteiger partial charge >= 0.3 is 12.5 Å². The van der Waals surface area contributed by atoms with Gasteiger partial charge in [-0.15, -0.1) is 0 Å². The first-order valence-electron chi connectivity index (χ1n) is 7.67. The van der Waals surface area contributed by atoms with E-state index in [4.69, 9.17) is 10.5 Å². The molecule has 0 fully saturated rings. The van der Waals surface area contributed by atoms with Crippen molar-refractivity contribution in [3.8, 4) is 0 Å². The van der Waals surface area contributed by atoms with Gasteiger partial charge in [-0.1, -0.05) is 23.9 Å². The van der Waals surface area contributed by atoms with Crippen LogP contribution in [0, 0.1) is 0 Å². The van der Waals surface area contributed by atoms with E-state index in [-0.39, 0.29) is 34.7 Å². The Kier molecular flexibility index (Phi) is 5.31. The summed E-state index contributed by atoms with van der Waals surface area (Å²) in [6.07, 6.45) is 1.26. The number of nitrogen functional groups attached to an aromatic ring is 1. The second kappa shape index (κ2) is 7.65. The molecule has 2 heterocycles. The van der Waals surface area contributed by atoms with Crippen molar-refractivity contribution in [3.63, 3.8) is 0 Å². The molecular formula is C16H15F2N5O2S. The lowest BCUT2D eigenvalue weighted by atomic mass is 10.3. The number of anilines is 1. The standard InChI is InChI=1S/C16H15F2N5O2S/c1-2-25-14(24)9-7-20-16(22-13(9)19)26-8-12-21-10-5-3-4-6-11(10)23(12)15(17)18/h3-7,15H,2,8H2,1H3,(H2,19,20,22). The number of imidazole rings is 1. The normalized spacial score (nSPS) is 11.2. The highest BCUT2D eigenvalue weighted by Gasteiger charge is 2.19. The number of nitrogens with two attached hydrogens (primary N) is 1. The molecule has 0 aliphatic carbocycles. The molecule has 0 spiro atoms.